The highest BCUT2D eigenvalue weighted by atomic mass is 32.1. The molecule has 0 atom stereocenters. The van der Waals surface area contributed by atoms with Crippen molar-refractivity contribution in [2.75, 3.05) is 7.11 Å². The summed E-state index contributed by atoms with van der Waals surface area (Å²) in [5, 5.41) is 16.9. The Kier molecular flexibility index (Phi) is 3.93. The quantitative estimate of drug-likeness (QED) is 0.587. The number of carbonyl (C=O) groups is 1. The molecule has 7 heteroatoms. The zero-order valence-electron chi connectivity index (χ0n) is 14.1. The van der Waals surface area contributed by atoms with Crippen LogP contribution in [0.1, 0.15) is 16.1 Å². The van der Waals surface area contributed by atoms with Gasteiger partial charge in [-0.15, -0.1) is 11.3 Å². The fourth-order valence-electron chi connectivity index (χ4n) is 2.88. The van der Waals surface area contributed by atoms with Crippen molar-refractivity contribution in [3.05, 3.63) is 59.1 Å². The molecule has 0 radical (unpaired) electrons. The van der Waals surface area contributed by atoms with Crippen LogP contribution in [-0.2, 0) is 0 Å². The molecule has 6 nitrogen and oxygen atoms in total. The summed E-state index contributed by atoms with van der Waals surface area (Å²) in [5.74, 6) is -0.311. The number of fused-ring (bicyclic) bond motifs is 1. The van der Waals surface area contributed by atoms with E-state index < -0.39 is 5.97 Å². The van der Waals surface area contributed by atoms with Crippen molar-refractivity contribution in [1.82, 2.24) is 14.8 Å². The third-order valence-corrected chi connectivity index (χ3v) is 4.95. The minimum atomic E-state index is -1.05. The van der Waals surface area contributed by atoms with Gasteiger partial charge >= 0.3 is 5.97 Å². The Morgan fingerprint density at radius 2 is 2.00 bits per heavy atom. The van der Waals surface area contributed by atoms with E-state index >= 15 is 0 Å². The molecule has 0 aliphatic carbocycles. The van der Waals surface area contributed by atoms with Crippen molar-refractivity contribution in [3.8, 4) is 22.1 Å². The van der Waals surface area contributed by atoms with Crippen molar-refractivity contribution in [2.24, 2.45) is 0 Å². The van der Waals surface area contributed by atoms with E-state index in [4.69, 9.17) is 14.9 Å². The van der Waals surface area contributed by atoms with Crippen LogP contribution in [0.4, 0.5) is 0 Å². The number of rotatable bonds is 4. The Bertz CT molecular complexity index is 1120. The summed E-state index contributed by atoms with van der Waals surface area (Å²) in [6.45, 7) is 1.98. The van der Waals surface area contributed by atoms with Crippen LogP contribution in [0.25, 0.3) is 27.3 Å². The molecule has 0 aliphatic rings. The number of hydrogen-bond acceptors (Lipinski definition) is 5. The van der Waals surface area contributed by atoms with Crippen molar-refractivity contribution in [3.63, 3.8) is 0 Å². The summed E-state index contributed by atoms with van der Waals surface area (Å²) in [4.78, 5) is 15.4. The number of aromatic carboxylic acids is 1. The predicted molar refractivity (Wildman–Crippen MR) is 100 cm³/mol. The zero-order valence-corrected chi connectivity index (χ0v) is 14.9. The third kappa shape index (κ3) is 2.62. The van der Waals surface area contributed by atoms with Gasteiger partial charge in [0.1, 0.15) is 11.4 Å². The number of aryl methyl sites for hydroxylation is 1. The summed E-state index contributed by atoms with van der Waals surface area (Å²) >= 11 is 1.24. The van der Waals surface area contributed by atoms with Gasteiger partial charge in [-0.3, -0.25) is 0 Å². The van der Waals surface area contributed by atoms with E-state index in [1.165, 1.54) is 16.7 Å². The molecule has 4 rings (SSSR count). The number of carboxylic acid groups (broad SMARTS) is 1. The van der Waals surface area contributed by atoms with E-state index in [9.17, 15) is 4.79 Å². The van der Waals surface area contributed by atoms with Gasteiger partial charge in [-0.1, -0.05) is 30.3 Å². The number of benzene rings is 2. The molecule has 0 bridgehead atoms. The van der Waals surface area contributed by atoms with Crippen LogP contribution in [0.5, 0.6) is 5.75 Å². The van der Waals surface area contributed by atoms with Crippen LogP contribution in [0.3, 0.4) is 0 Å². The Morgan fingerprint density at radius 3 is 2.65 bits per heavy atom. The fraction of sp³-hybridized carbons (Fsp3) is 0.105. The third-order valence-electron chi connectivity index (χ3n) is 4.14. The molecule has 0 aliphatic heterocycles. The van der Waals surface area contributed by atoms with Crippen LogP contribution in [0.15, 0.2) is 47.8 Å². The van der Waals surface area contributed by atoms with E-state index in [0.717, 1.165) is 33.5 Å². The maximum atomic E-state index is 11.2. The zero-order chi connectivity index (χ0) is 18.3. The second-order valence-electron chi connectivity index (χ2n) is 5.79. The summed E-state index contributed by atoms with van der Waals surface area (Å²) in [7, 11) is 1.62. The first-order chi connectivity index (χ1) is 12.6. The molecule has 26 heavy (non-hydrogen) atoms. The highest BCUT2D eigenvalue weighted by molar-refractivity contribution is 7.12. The van der Waals surface area contributed by atoms with Gasteiger partial charge in [-0.05, 0) is 18.6 Å². The minimum Gasteiger partial charge on any atom is -0.496 e. The van der Waals surface area contributed by atoms with Crippen molar-refractivity contribution in [1.29, 1.82) is 0 Å². The highest BCUT2D eigenvalue weighted by Gasteiger charge is 2.19. The SMILES string of the molecule is COc1cc2c(cc1C)c(-c1ccccc1)nn2-c1nc(C(=O)O)cs1. The topological polar surface area (TPSA) is 77.2 Å². The van der Waals surface area contributed by atoms with Crippen molar-refractivity contribution in [2.45, 2.75) is 6.92 Å². The Morgan fingerprint density at radius 1 is 1.23 bits per heavy atom. The molecule has 130 valence electrons. The molecule has 0 amide bonds. The van der Waals surface area contributed by atoms with Crippen LogP contribution in [0, 0.1) is 6.92 Å². The normalized spacial score (nSPS) is 11.0. The molecule has 1 N–H and O–H groups in total. The number of carboxylic acids is 1. The number of aromatic nitrogens is 3. The van der Waals surface area contributed by atoms with Crippen LogP contribution >= 0.6 is 11.3 Å². The molecule has 4 aromatic rings. The van der Waals surface area contributed by atoms with E-state index in [2.05, 4.69) is 4.98 Å². The minimum absolute atomic E-state index is 0.00832. The van der Waals surface area contributed by atoms with Crippen molar-refractivity contribution >= 4 is 28.2 Å². The highest BCUT2D eigenvalue weighted by Crippen LogP contribution is 2.34. The Balaban J connectivity index is 2.01. The second-order valence-corrected chi connectivity index (χ2v) is 6.62. The summed E-state index contributed by atoms with van der Waals surface area (Å²) in [6, 6.07) is 13.8. The van der Waals surface area contributed by atoms with Gasteiger partial charge in [0, 0.05) is 22.4 Å². The molecule has 0 saturated carbocycles. The first-order valence-corrected chi connectivity index (χ1v) is 8.78. The van der Waals surface area contributed by atoms with Gasteiger partial charge in [-0.2, -0.15) is 5.10 Å². The van der Waals surface area contributed by atoms with Crippen LogP contribution in [0.2, 0.25) is 0 Å². The number of nitrogens with zero attached hydrogens (tertiary/aromatic N) is 3. The monoisotopic (exact) mass is 365 g/mol. The van der Waals surface area contributed by atoms with E-state index in [1.807, 2.05) is 49.4 Å². The lowest BCUT2D eigenvalue weighted by atomic mass is 10.1. The van der Waals surface area contributed by atoms with Gasteiger partial charge in [-0.25, -0.2) is 14.5 Å². The molecule has 0 unspecified atom stereocenters. The number of ether oxygens (including phenoxy) is 1. The number of methoxy groups -OCH3 is 1. The average Bonchev–Trinajstić information content (AvgIpc) is 3.26. The lowest BCUT2D eigenvalue weighted by Gasteiger charge is -2.06. The largest absolute Gasteiger partial charge is 0.496 e. The van der Waals surface area contributed by atoms with Crippen LogP contribution in [-0.4, -0.2) is 33.0 Å². The number of thiazole rings is 1. The second kappa shape index (κ2) is 6.27. The summed E-state index contributed by atoms with van der Waals surface area (Å²) in [6.07, 6.45) is 0. The lowest BCUT2D eigenvalue weighted by molar-refractivity contribution is 0.0691. The molecular weight excluding hydrogens is 350 g/mol. The smallest absolute Gasteiger partial charge is 0.355 e. The van der Waals surface area contributed by atoms with Crippen molar-refractivity contribution < 1.29 is 14.6 Å². The Hall–Kier alpha value is -3.19. The van der Waals surface area contributed by atoms with Gasteiger partial charge in [0.25, 0.3) is 0 Å². The molecule has 2 heterocycles. The fourth-order valence-corrected chi connectivity index (χ4v) is 3.65. The molecule has 0 fully saturated rings. The van der Waals surface area contributed by atoms with Crippen LogP contribution < -0.4 is 4.74 Å². The Labute approximate surface area is 153 Å². The van der Waals surface area contributed by atoms with E-state index in [0.29, 0.717) is 5.13 Å². The predicted octanol–water partition coefficient (Wildman–Crippen LogP) is 4.16. The average molecular weight is 365 g/mol. The lowest BCUT2D eigenvalue weighted by Crippen LogP contribution is -2.00. The van der Waals surface area contributed by atoms with Gasteiger partial charge in [0.15, 0.2) is 5.69 Å². The molecule has 0 spiro atoms. The molecule has 0 saturated heterocycles. The van der Waals surface area contributed by atoms with Gasteiger partial charge in [0.2, 0.25) is 5.13 Å². The summed E-state index contributed by atoms with van der Waals surface area (Å²) < 4.78 is 7.13. The van der Waals surface area contributed by atoms with E-state index in [-0.39, 0.29) is 5.69 Å². The maximum Gasteiger partial charge on any atom is 0.355 e. The van der Waals surface area contributed by atoms with E-state index in [1.54, 1.807) is 11.8 Å². The summed E-state index contributed by atoms with van der Waals surface area (Å²) in [5.41, 5.74) is 3.63. The maximum absolute atomic E-state index is 11.2. The van der Waals surface area contributed by atoms with Gasteiger partial charge in [0.05, 0.1) is 12.6 Å². The molecular formula is C19H15N3O3S. The first-order valence-electron chi connectivity index (χ1n) is 7.90. The first kappa shape index (κ1) is 16.3. The van der Waals surface area contributed by atoms with Gasteiger partial charge < -0.3 is 9.84 Å². The molecule has 2 aromatic heterocycles. The molecule has 2 aromatic carbocycles. The number of hydrogen-bond donors (Lipinski definition) is 1. The standard InChI is InChI=1S/C19H15N3O3S/c1-11-8-13-15(9-16(11)25-2)22(19-20-14(10-26-19)18(23)24)21-17(13)12-6-4-3-5-7-12/h3-10H,1-2H3,(H,23,24).